The lowest BCUT2D eigenvalue weighted by Crippen LogP contribution is -2.56. The largest absolute Gasteiger partial charge is 0.326 e. The molecule has 0 spiro atoms. The fourth-order valence-electron chi connectivity index (χ4n) is 3.40. The molecule has 16 heavy (non-hydrogen) atoms. The van der Waals surface area contributed by atoms with E-state index in [1.807, 2.05) is 0 Å². The maximum atomic E-state index is 6.50. The van der Waals surface area contributed by atoms with Crippen LogP contribution in [0.2, 0.25) is 0 Å². The Morgan fingerprint density at radius 3 is 2.25 bits per heavy atom. The first-order chi connectivity index (χ1) is 7.53. The molecule has 0 heterocycles. The van der Waals surface area contributed by atoms with Crippen LogP contribution in [0.15, 0.2) is 0 Å². The summed E-state index contributed by atoms with van der Waals surface area (Å²) in [5, 5.41) is 0. The lowest BCUT2D eigenvalue weighted by Gasteiger charge is -2.42. The Morgan fingerprint density at radius 2 is 1.81 bits per heavy atom. The zero-order valence-corrected chi connectivity index (χ0v) is 11.6. The van der Waals surface area contributed by atoms with Gasteiger partial charge in [0.15, 0.2) is 0 Å². The predicted molar refractivity (Wildman–Crippen MR) is 71.6 cm³/mol. The Balaban J connectivity index is 2.58. The number of hydrogen-bond acceptors (Lipinski definition) is 2. The molecule has 2 atom stereocenters. The molecule has 1 rings (SSSR count). The van der Waals surface area contributed by atoms with E-state index in [0.717, 1.165) is 5.92 Å². The Kier molecular flexibility index (Phi) is 5.26. The number of nitrogens with two attached hydrogens (primary N) is 1. The predicted octanol–water partition coefficient (Wildman–Crippen LogP) is 3.01. The van der Waals surface area contributed by atoms with E-state index in [1.165, 1.54) is 44.9 Å². The third-order valence-corrected chi connectivity index (χ3v) is 4.49. The van der Waals surface area contributed by atoms with Crippen molar-refractivity contribution in [2.24, 2.45) is 11.7 Å². The van der Waals surface area contributed by atoms with Crippen LogP contribution in [-0.4, -0.2) is 30.6 Å². The van der Waals surface area contributed by atoms with E-state index in [2.05, 4.69) is 32.8 Å². The van der Waals surface area contributed by atoms with Crippen molar-refractivity contribution in [3.05, 3.63) is 0 Å². The maximum Gasteiger partial charge on any atom is 0.0354 e. The molecule has 1 fully saturated rings. The first-order valence-electron chi connectivity index (χ1n) is 6.96. The molecule has 2 nitrogen and oxygen atoms in total. The van der Waals surface area contributed by atoms with Gasteiger partial charge in [-0.15, -0.1) is 0 Å². The minimum Gasteiger partial charge on any atom is -0.326 e. The second-order valence-corrected chi connectivity index (χ2v) is 5.94. The van der Waals surface area contributed by atoms with Crippen molar-refractivity contribution in [3.8, 4) is 0 Å². The SMILES string of the molecule is CCCC(C)CC(N)C1(N(C)C)CCCC1. The second kappa shape index (κ2) is 6.02. The van der Waals surface area contributed by atoms with Crippen molar-refractivity contribution >= 4 is 0 Å². The van der Waals surface area contributed by atoms with Crippen LogP contribution in [0, 0.1) is 5.92 Å². The molecule has 0 aliphatic heterocycles. The normalized spacial score (nSPS) is 23.6. The molecule has 0 aromatic carbocycles. The number of likely N-dealkylation sites (N-methyl/N-ethyl adjacent to an activating group) is 1. The number of rotatable bonds is 6. The fraction of sp³-hybridized carbons (Fsp3) is 1.00. The summed E-state index contributed by atoms with van der Waals surface area (Å²) in [5.41, 5.74) is 6.80. The summed E-state index contributed by atoms with van der Waals surface area (Å²) in [6.07, 6.45) is 9.08. The zero-order chi connectivity index (χ0) is 12.2. The lowest BCUT2D eigenvalue weighted by molar-refractivity contribution is 0.110. The average Bonchev–Trinajstić information content (AvgIpc) is 2.67. The molecule has 96 valence electrons. The van der Waals surface area contributed by atoms with Gasteiger partial charge >= 0.3 is 0 Å². The van der Waals surface area contributed by atoms with Gasteiger partial charge in [0.25, 0.3) is 0 Å². The molecular formula is C14H30N2. The van der Waals surface area contributed by atoms with E-state index in [0.29, 0.717) is 11.6 Å². The number of nitrogens with zero attached hydrogens (tertiary/aromatic N) is 1. The van der Waals surface area contributed by atoms with Gasteiger partial charge in [0, 0.05) is 11.6 Å². The molecule has 1 aliphatic carbocycles. The first kappa shape index (κ1) is 14.0. The smallest absolute Gasteiger partial charge is 0.0354 e. The van der Waals surface area contributed by atoms with Crippen LogP contribution >= 0.6 is 0 Å². The van der Waals surface area contributed by atoms with Crippen molar-refractivity contribution in [2.45, 2.75) is 70.4 Å². The Bertz CT molecular complexity index is 195. The van der Waals surface area contributed by atoms with Gasteiger partial charge in [-0.1, -0.05) is 39.5 Å². The molecule has 2 heteroatoms. The standard InChI is InChI=1S/C14H30N2/c1-5-8-12(2)11-13(15)14(16(3)4)9-6-7-10-14/h12-13H,5-11,15H2,1-4H3. The molecule has 0 saturated heterocycles. The summed E-state index contributed by atoms with van der Waals surface area (Å²) in [6, 6.07) is 0.353. The quantitative estimate of drug-likeness (QED) is 0.754. The topological polar surface area (TPSA) is 29.3 Å². The van der Waals surface area contributed by atoms with Crippen molar-refractivity contribution in [1.29, 1.82) is 0 Å². The molecule has 0 bridgehead atoms. The summed E-state index contributed by atoms with van der Waals surface area (Å²) < 4.78 is 0. The van der Waals surface area contributed by atoms with E-state index in [1.54, 1.807) is 0 Å². The van der Waals surface area contributed by atoms with Crippen LogP contribution in [0.3, 0.4) is 0 Å². The second-order valence-electron chi connectivity index (χ2n) is 5.94. The summed E-state index contributed by atoms with van der Waals surface area (Å²) in [6.45, 7) is 4.61. The first-order valence-corrected chi connectivity index (χ1v) is 6.96. The van der Waals surface area contributed by atoms with Gasteiger partial charge in [-0.2, -0.15) is 0 Å². The summed E-state index contributed by atoms with van der Waals surface area (Å²) in [5.74, 6) is 0.775. The van der Waals surface area contributed by atoms with Gasteiger partial charge in [-0.25, -0.2) is 0 Å². The molecule has 0 aromatic heterocycles. The molecule has 0 radical (unpaired) electrons. The van der Waals surface area contributed by atoms with E-state index in [9.17, 15) is 0 Å². The van der Waals surface area contributed by atoms with E-state index >= 15 is 0 Å². The molecular weight excluding hydrogens is 196 g/mol. The van der Waals surface area contributed by atoms with Gasteiger partial charge in [0.05, 0.1) is 0 Å². The van der Waals surface area contributed by atoms with Crippen LogP contribution in [0.1, 0.15) is 58.8 Å². The van der Waals surface area contributed by atoms with E-state index in [4.69, 9.17) is 5.73 Å². The minimum atomic E-state index is 0.294. The minimum absolute atomic E-state index is 0.294. The Morgan fingerprint density at radius 1 is 1.25 bits per heavy atom. The van der Waals surface area contributed by atoms with Crippen LogP contribution in [0.25, 0.3) is 0 Å². The monoisotopic (exact) mass is 226 g/mol. The highest BCUT2D eigenvalue weighted by Crippen LogP contribution is 2.38. The molecule has 1 aliphatic rings. The van der Waals surface area contributed by atoms with Crippen molar-refractivity contribution in [1.82, 2.24) is 4.90 Å². The summed E-state index contributed by atoms with van der Waals surface area (Å²) >= 11 is 0. The third kappa shape index (κ3) is 2.98. The Hall–Kier alpha value is -0.0800. The highest BCUT2D eigenvalue weighted by Gasteiger charge is 2.41. The lowest BCUT2D eigenvalue weighted by atomic mass is 9.81. The van der Waals surface area contributed by atoms with Crippen LogP contribution < -0.4 is 5.73 Å². The van der Waals surface area contributed by atoms with Crippen LogP contribution in [0.5, 0.6) is 0 Å². The van der Waals surface area contributed by atoms with Gasteiger partial charge < -0.3 is 10.6 Å². The van der Waals surface area contributed by atoms with Gasteiger partial charge in [-0.3, -0.25) is 0 Å². The zero-order valence-electron chi connectivity index (χ0n) is 11.6. The molecule has 2 unspecified atom stereocenters. The van der Waals surface area contributed by atoms with Crippen molar-refractivity contribution in [2.75, 3.05) is 14.1 Å². The average molecular weight is 226 g/mol. The highest BCUT2D eigenvalue weighted by molar-refractivity contribution is 5.00. The highest BCUT2D eigenvalue weighted by atomic mass is 15.2. The van der Waals surface area contributed by atoms with E-state index < -0.39 is 0 Å². The molecule has 0 aromatic rings. The number of hydrogen-bond donors (Lipinski definition) is 1. The molecule has 1 saturated carbocycles. The Labute approximate surface area is 102 Å². The molecule has 2 N–H and O–H groups in total. The van der Waals surface area contributed by atoms with Crippen molar-refractivity contribution in [3.63, 3.8) is 0 Å². The molecule has 0 amide bonds. The van der Waals surface area contributed by atoms with Crippen LogP contribution in [0.4, 0.5) is 0 Å². The van der Waals surface area contributed by atoms with Gasteiger partial charge in [0.1, 0.15) is 0 Å². The fourth-order valence-corrected chi connectivity index (χ4v) is 3.40. The van der Waals surface area contributed by atoms with Gasteiger partial charge in [0.2, 0.25) is 0 Å². The van der Waals surface area contributed by atoms with Crippen LogP contribution in [-0.2, 0) is 0 Å². The summed E-state index contributed by atoms with van der Waals surface area (Å²) in [7, 11) is 4.41. The maximum absolute atomic E-state index is 6.50. The van der Waals surface area contributed by atoms with E-state index in [-0.39, 0.29) is 0 Å². The summed E-state index contributed by atoms with van der Waals surface area (Å²) in [4.78, 5) is 2.39. The van der Waals surface area contributed by atoms with Gasteiger partial charge in [-0.05, 0) is 39.3 Å². The van der Waals surface area contributed by atoms with Crippen molar-refractivity contribution < 1.29 is 0 Å². The third-order valence-electron chi connectivity index (χ3n) is 4.49.